The van der Waals surface area contributed by atoms with Gasteiger partial charge in [-0.1, -0.05) is 24.3 Å². The average Bonchev–Trinajstić information content (AvgIpc) is 2.98. The van der Waals surface area contributed by atoms with Gasteiger partial charge in [-0.25, -0.2) is 4.98 Å². The number of nitrogens with two attached hydrogens (primary N) is 1. The number of aliphatic carboxylic acids is 1. The number of nitrogens with one attached hydrogen (secondary N) is 1. The minimum Gasteiger partial charge on any atom is -0.481 e. The lowest BCUT2D eigenvalue weighted by Gasteiger charge is -2.30. The third-order valence-electron chi connectivity index (χ3n) is 6.02. The second-order valence-corrected chi connectivity index (χ2v) is 8.82. The Kier molecular flexibility index (Phi) is 5.57. The second kappa shape index (κ2) is 8.09. The maximum absolute atomic E-state index is 11.1. The Labute approximate surface area is 164 Å². The molecule has 2 heterocycles. The van der Waals surface area contributed by atoms with E-state index < -0.39 is 5.97 Å². The summed E-state index contributed by atoms with van der Waals surface area (Å²) in [5.41, 5.74) is 10.1. The number of thiazole rings is 1. The summed E-state index contributed by atoms with van der Waals surface area (Å²) in [6, 6.07) is 8.49. The summed E-state index contributed by atoms with van der Waals surface area (Å²) in [6.07, 6.45) is 5.35. The number of benzene rings is 1. The van der Waals surface area contributed by atoms with Gasteiger partial charge in [0.2, 0.25) is 0 Å². The van der Waals surface area contributed by atoms with E-state index in [9.17, 15) is 4.79 Å². The maximum atomic E-state index is 11.1. The first-order valence-corrected chi connectivity index (χ1v) is 10.7. The van der Waals surface area contributed by atoms with E-state index in [2.05, 4.69) is 29.6 Å². The molecule has 1 aromatic carbocycles. The lowest BCUT2D eigenvalue weighted by atomic mass is 9.77. The number of rotatable bonds is 4. The van der Waals surface area contributed by atoms with Gasteiger partial charge in [0.05, 0.1) is 11.6 Å². The maximum Gasteiger partial charge on any atom is 0.306 e. The largest absolute Gasteiger partial charge is 0.481 e. The van der Waals surface area contributed by atoms with Crippen molar-refractivity contribution in [3.05, 3.63) is 40.4 Å². The van der Waals surface area contributed by atoms with Crippen molar-refractivity contribution in [3.63, 3.8) is 0 Å². The zero-order valence-corrected chi connectivity index (χ0v) is 16.3. The van der Waals surface area contributed by atoms with Crippen LogP contribution in [0.15, 0.2) is 24.3 Å². The molecule has 1 unspecified atom stereocenters. The molecule has 1 saturated carbocycles. The van der Waals surface area contributed by atoms with Crippen LogP contribution in [0.3, 0.4) is 0 Å². The van der Waals surface area contributed by atoms with Crippen LogP contribution in [0.1, 0.15) is 47.9 Å². The van der Waals surface area contributed by atoms with Gasteiger partial charge in [-0.3, -0.25) is 4.79 Å². The molecule has 4 rings (SSSR count). The van der Waals surface area contributed by atoms with Gasteiger partial charge in [0.1, 0.15) is 5.01 Å². The lowest BCUT2D eigenvalue weighted by Crippen LogP contribution is -2.28. The van der Waals surface area contributed by atoms with Crippen LogP contribution < -0.4 is 11.1 Å². The fraction of sp³-hybridized carbons (Fsp3) is 0.524. The third kappa shape index (κ3) is 4.08. The van der Waals surface area contributed by atoms with Crippen LogP contribution in [0, 0.1) is 11.8 Å². The first-order chi connectivity index (χ1) is 13.1. The molecule has 1 atom stereocenters. The van der Waals surface area contributed by atoms with E-state index in [0.29, 0.717) is 5.92 Å². The molecule has 0 radical (unpaired) electrons. The summed E-state index contributed by atoms with van der Waals surface area (Å²) in [7, 11) is 0. The summed E-state index contributed by atoms with van der Waals surface area (Å²) in [5.74, 6) is -0.481. The molecule has 1 fully saturated rings. The van der Waals surface area contributed by atoms with Crippen molar-refractivity contribution in [3.8, 4) is 10.6 Å². The number of carbonyl (C=O) groups is 1. The van der Waals surface area contributed by atoms with E-state index >= 15 is 0 Å². The van der Waals surface area contributed by atoms with Gasteiger partial charge in [-0.15, -0.1) is 11.3 Å². The van der Waals surface area contributed by atoms with Gasteiger partial charge in [-0.05, 0) is 43.6 Å². The first-order valence-electron chi connectivity index (χ1n) is 9.90. The quantitative estimate of drug-likeness (QED) is 0.751. The predicted molar refractivity (Wildman–Crippen MR) is 108 cm³/mol. The molecule has 1 aliphatic heterocycles. The number of hydrogen-bond donors (Lipinski definition) is 3. The van der Waals surface area contributed by atoms with Crippen molar-refractivity contribution in [1.29, 1.82) is 0 Å². The zero-order valence-electron chi connectivity index (χ0n) is 15.5. The van der Waals surface area contributed by atoms with Crippen LogP contribution in [-0.2, 0) is 17.6 Å². The summed E-state index contributed by atoms with van der Waals surface area (Å²) in [5, 5.41) is 13.7. The number of carboxylic acids is 1. The standard InChI is InChI=1S/C21H27N3O2S/c22-19(14-3-7-16(8-4-14)21(25)26)13-1-5-15(6-2-13)20-24-17-9-11-23-12-10-18(17)27-20/h1-2,5-6,14,16,19,23H,3-4,7-12,22H2,(H,25,26)/t14-,16-,19?. The van der Waals surface area contributed by atoms with Gasteiger partial charge in [0.15, 0.2) is 0 Å². The van der Waals surface area contributed by atoms with Crippen LogP contribution in [0.5, 0.6) is 0 Å². The molecule has 0 saturated heterocycles. The van der Waals surface area contributed by atoms with Gasteiger partial charge in [0, 0.05) is 36.0 Å². The van der Waals surface area contributed by atoms with Crippen LogP contribution >= 0.6 is 11.3 Å². The van der Waals surface area contributed by atoms with Gasteiger partial charge in [-0.2, -0.15) is 0 Å². The monoisotopic (exact) mass is 385 g/mol. The number of hydrogen-bond acceptors (Lipinski definition) is 5. The fourth-order valence-corrected chi connectivity index (χ4v) is 5.39. The molecular formula is C21H27N3O2S. The minimum atomic E-state index is -0.663. The van der Waals surface area contributed by atoms with E-state index in [1.807, 2.05) is 11.3 Å². The number of fused-ring (bicyclic) bond motifs is 1. The Balaban J connectivity index is 1.44. The Bertz CT molecular complexity index is 771. The molecule has 1 aliphatic carbocycles. The highest BCUT2D eigenvalue weighted by atomic mass is 32.1. The van der Waals surface area contributed by atoms with Gasteiger partial charge in [0.25, 0.3) is 0 Å². The van der Waals surface area contributed by atoms with Crippen molar-refractivity contribution in [2.45, 2.75) is 44.6 Å². The molecule has 4 N–H and O–H groups in total. The van der Waals surface area contributed by atoms with Crippen LogP contribution in [-0.4, -0.2) is 29.1 Å². The van der Waals surface area contributed by atoms with E-state index in [-0.39, 0.29) is 12.0 Å². The van der Waals surface area contributed by atoms with Gasteiger partial charge >= 0.3 is 5.97 Å². The molecule has 1 aromatic heterocycles. The molecule has 27 heavy (non-hydrogen) atoms. The third-order valence-corrected chi connectivity index (χ3v) is 7.22. The summed E-state index contributed by atoms with van der Waals surface area (Å²) in [6.45, 7) is 2.04. The molecule has 0 bridgehead atoms. The van der Waals surface area contributed by atoms with E-state index in [1.54, 1.807) is 0 Å². The topological polar surface area (TPSA) is 88.2 Å². The minimum absolute atomic E-state index is 0.0205. The van der Waals surface area contributed by atoms with Gasteiger partial charge < -0.3 is 16.2 Å². The highest BCUT2D eigenvalue weighted by Gasteiger charge is 2.29. The number of nitrogens with zero attached hydrogens (tertiary/aromatic N) is 1. The summed E-state index contributed by atoms with van der Waals surface area (Å²) >= 11 is 1.81. The first kappa shape index (κ1) is 18.6. The van der Waals surface area contributed by atoms with Crippen molar-refractivity contribution in [1.82, 2.24) is 10.3 Å². The molecule has 6 heteroatoms. The van der Waals surface area contributed by atoms with Crippen LogP contribution in [0.25, 0.3) is 10.6 Å². The molecule has 5 nitrogen and oxygen atoms in total. The smallest absolute Gasteiger partial charge is 0.306 e. The van der Waals surface area contributed by atoms with Crippen molar-refractivity contribution < 1.29 is 9.90 Å². The number of aromatic nitrogens is 1. The normalized spacial score (nSPS) is 24.0. The molecule has 0 spiro atoms. The summed E-state index contributed by atoms with van der Waals surface area (Å²) < 4.78 is 0. The fourth-order valence-electron chi connectivity index (χ4n) is 4.28. The highest BCUT2D eigenvalue weighted by Crippen LogP contribution is 2.37. The summed E-state index contributed by atoms with van der Waals surface area (Å²) in [4.78, 5) is 17.4. The van der Waals surface area contributed by atoms with E-state index in [4.69, 9.17) is 15.8 Å². The number of carboxylic acid groups (broad SMARTS) is 1. The molecule has 2 aromatic rings. The Morgan fingerprint density at radius 1 is 1.15 bits per heavy atom. The Morgan fingerprint density at radius 2 is 1.85 bits per heavy atom. The Morgan fingerprint density at radius 3 is 2.56 bits per heavy atom. The highest BCUT2D eigenvalue weighted by molar-refractivity contribution is 7.15. The predicted octanol–water partition coefficient (Wildman–Crippen LogP) is 3.39. The van der Waals surface area contributed by atoms with Crippen molar-refractivity contribution in [2.24, 2.45) is 17.6 Å². The van der Waals surface area contributed by atoms with Crippen LogP contribution in [0.2, 0.25) is 0 Å². The van der Waals surface area contributed by atoms with Crippen LogP contribution in [0.4, 0.5) is 0 Å². The average molecular weight is 386 g/mol. The molecule has 0 amide bonds. The molecular weight excluding hydrogens is 358 g/mol. The molecule has 144 valence electrons. The Hall–Kier alpha value is -1.76. The zero-order chi connectivity index (χ0) is 18.8. The van der Waals surface area contributed by atoms with E-state index in [0.717, 1.165) is 67.7 Å². The lowest BCUT2D eigenvalue weighted by molar-refractivity contribution is -0.143. The molecule has 2 aliphatic rings. The van der Waals surface area contributed by atoms with Crippen molar-refractivity contribution >= 4 is 17.3 Å². The SMILES string of the molecule is NC(c1ccc(-c2nc3c(s2)CCNCC3)cc1)[C@H]1CC[C@H](C(=O)O)CC1. The van der Waals surface area contributed by atoms with E-state index in [1.165, 1.54) is 10.6 Å². The second-order valence-electron chi connectivity index (χ2n) is 7.74. The van der Waals surface area contributed by atoms with Crippen molar-refractivity contribution in [2.75, 3.05) is 13.1 Å².